The van der Waals surface area contributed by atoms with E-state index in [1.807, 2.05) is 11.0 Å². The van der Waals surface area contributed by atoms with Crippen LogP contribution >= 0.6 is 0 Å². The van der Waals surface area contributed by atoms with Crippen LogP contribution in [0.25, 0.3) is 0 Å². The van der Waals surface area contributed by atoms with E-state index in [-0.39, 0.29) is 30.3 Å². The molecule has 0 bridgehead atoms. The maximum atomic E-state index is 13.4. The van der Waals surface area contributed by atoms with Crippen molar-refractivity contribution in [1.82, 2.24) is 10.2 Å². The van der Waals surface area contributed by atoms with Crippen LogP contribution in [-0.2, 0) is 20.7 Å². The molecule has 1 atom stereocenters. The van der Waals surface area contributed by atoms with Gasteiger partial charge in [-0.1, -0.05) is 12.1 Å². The summed E-state index contributed by atoms with van der Waals surface area (Å²) in [5, 5.41) is 2.78. The number of halogens is 1. The lowest BCUT2D eigenvalue weighted by Crippen LogP contribution is -2.50. The Morgan fingerprint density at radius 2 is 2.26 bits per heavy atom. The van der Waals surface area contributed by atoms with Gasteiger partial charge in [0, 0.05) is 26.6 Å². The Labute approximate surface area is 135 Å². The minimum atomic E-state index is -0.297. The zero-order chi connectivity index (χ0) is 16.7. The lowest BCUT2D eigenvalue weighted by atomic mass is 10.0. The SMILES string of the molecule is COCC(=O)NC[C@H](Cc1cccc(F)c1)N1CCCCC1=O. The lowest BCUT2D eigenvalue weighted by Gasteiger charge is -2.35. The van der Waals surface area contributed by atoms with Crippen LogP contribution in [-0.4, -0.2) is 49.6 Å². The van der Waals surface area contributed by atoms with Crippen molar-refractivity contribution in [3.05, 3.63) is 35.6 Å². The zero-order valence-electron chi connectivity index (χ0n) is 13.4. The number of nitrogens with one attached hydrogen (secondary N) is 1. The molecule has 1 heterocycles. The Bertz CT molecular complexity index is 550. The smallest absolute Gasteiger partial charge is 0.246 e. The Morgan fingerprint density at radius 3 is 2.96 bits per heavy atom. The molecule has 5 nitrogen and oxygen atoms in total. The van der Waals surface area contributed by atoms with Gasteiger partial charge in [-0.05, 0) is 37.0 Å². The number of amides is 2. The average Bonchev–Trinajstić information content (AvgIpc) is 2.52. The summed E-state index contributed by atoms with van der Waals surface area (Å²) in [6, 6.07) is 6.18. The number of carbonyl (C=O) groups excluding carboxylic acids is 2. The maximum Gasteiger partial charge on any atom is 0.246 e. The predicted octanol–water partition coefficient (Wildman–Crippen LogP) is 1.51. The zero-order valence-corrected chi connectivity index (χ0v) is 13.4. The molecule has 1 fully saturated rings. The van der Waals surface area contributed by atoms with Crippen molar-refractivity contribution in [1.29, 1.82) is 0 Å². The second kappa shape index (κ2) is 8.62. The molecule has 23 heavy (non-hydrogen) atoms. The van der Waals surface area contributed by atoms with Crippen LogP contribution in [0.3, 0.4) is 0 Å². The number of benzene rings is 1. The molecule has 2 rings (SSSR count). The highest BCUT2D eigenvalue weighted by Crippen LogP contribution is 2.17. The third-order valence-electron chi connectivity index (χ3n) is 3.97. The number of hydrogen-bond acceptors (Lipinski definition) is 3. The molecular weight excluding hydrogens is 299 g/mol. The summed E-state index contributed by atoms with van der Waals surface area (Å²) in [6.07, 6.45) is 2.90. The van der Waals surface area contributed by atoms with E-state index in [2.05, 4.69) is 5.32 Å². The minimum Gasteiger partial charge on any atom is -0.375 e. The fraction of sp³-hybridized carbons (Fsp3) is 0.529. The molecule has 6 heteroatoms. The molecule has 1 aliphatic heterocycles. The normalized spacial score (nSPS) is 16.3. The molecular formula is C17H23FN2O3. The Hall–Kier alpha value is -1.95. The summed E-state index contributed by atoms with van der Waals surface area (Å²) in [7, 11) is 1.46. The van der Waals surface area contributed by atoms with Gasteiger partial charge in [0.25, 0.3) is 0 Å². The summed E-state index contributed by atoms with van der Waals surface area (Å²) in [4.78, 5) is 25.6. The van der Waals surface area contributed by atoms with Crippen LogP contribution in [0.15, 0.2) is 24.3 Å². The first-order valence-electron chi connectivity index (χ1n) is 7.89. The van der Waals surface area contributed by atoms with Crippen molar-refractivity contribution >= 4 is 11.8 Å². The van der Waals surface area contributed by atoms with Gasteiger partial charge in [-0.3, -0.25) is 9.59 Å². The lowest BCUT2D eigenvalue weighted by molar-refractivity contribution is -0.136. The predicted molar refractivity (Wildman–Crippen MR) is 84.3 cm³/mol. The van der Waals surface area contributed by atoms with E-state index in [1.54, 1.807) is 6.07 Å². The van der Waals surface area contributed by atoms with Crippen LogP contribution in [0, 0.1) is 5.82 Å². The first-order valence-corrected chi connectivity index (χ1v) is 7.89. The first kappa shape index (κ1) is 17.4. The van der Waals surface area contributed by atoms with Crippen molar-refractivity contribution in [2.45, 2.75) is 31.7 Å². The van der Waals surface area contributed by atoms with Gasteiger partial charge in [0.2, 0.25) is 11.8 Å². The van der Waals surface area contributed by atoms with Gasteiger partial charge in [-0.25, -0.2) is 4.39 Å². The third kappa shape index (κ3) is 5.32. The highest BCUT2D eigenvalue weighted by Gasteiger charge is 2.26. The van der Waals surface area contributed by atoms with E-state index in [0.717, 1.165) is 18.4 Å². The molecule has 1 saturated heterocycles. The molecule has 0 saturated carbocycles. The number of likely N-dealkylation sites (tertiary alicyclic amines) is 1. The van der Waals surface area contributed by atoms with Gasteiger partial charge in [0.05, 0.1) is 6.04 Å². The van der Waals surface area contributed by atoms with Gasteiger partial charge in [0.15, 0.2) is 0 Å². The molecule has 1 aromatic rings. The molecule has 0 aromatic heterocycles. The number of carbonyl (C=O) groups is 2. The van der Waals surface area contributed by atoms with Gasteiger partial charge >= 0.3 is 0 Å². The monoisotopic (exact) mass is 322 g/mol. The summed E-state index contributed by atoms with van der Waals surface area (Å²) in [5.74, 6) is -0.422. The van der Waals surface area contributed by atoms with E-state index in [4.69, 9.17) is 4.74 Å². The topological polar surface area (TPSA) is 58.6 Å². The maximum absolute atomic E-state index is 13.4. The van der Waals surface area contributed by atoms with E-state index in [9.17, 15) is 14.0 Å². The van der Waals surface area contributed by atoms with E-state index < -0.39 is 0 Å². The minimum absolute atomic E-state index is 0.0133. The van der Waals surface area contributed by atoms with Crippen molar-refractivity contribution in [2.75, 3.05) is 26.8 Å². The van der Waals surface area contributed by atoms with Gasteiger partial charge in [-0.15, -0.1) is 0 Å². The van der Waals surface area contributed by atoms with E-state index in [1.165, 1.54) is 19.2 Å². The van der Waals surface area contributed by atoms with Gasteiger partial charge in [-0.2, -0.15) is 0 Å². The third-order valence-corrected chi connectivity index (χ3v) is 3.97. The highest BCUT2D eigenvalue weighted by molar-refractivity contribution is 5.78. The number of hydrogen-bond donors (Lipinski definition) is 1. The molecule has 1 aliphatic rings. The fourth-order valence-corrected chi connectivity index (χ4v) is 2.86. The van der Waals surface area contributed by atoms with Gasteiger partial charge in [0.1, 0.15) is 12.4 Å². The number of rotatable bonds is 7. The highest BCUT2D eigenvalue weighted by atomic mass is 19.1. The van der Waals surface area contributed by atoms with Crippen LogP contribution in [0.2, 0.25) is 0 Å². The van der Waals surface area contributed by atoms with Crippen LogP contribution in [0.5, 0.6) is 0 Å². The Balaban J connectivity index is 2.06. The molecule has 1 aromatic carbocycles. The van der Waals surface area contributed by atoms with Crippen molar-refractivity contribution in [2.24, 2.45) is 0 Å². The largest absolute Gasteiger partial charge is 0.375 e. The van der Waals surface area contributed by atoms with Crippen LogP contribution in [0.4, 0.5) is 4.39 Å². The number of nitrogens with zero attached hydrogens (tertiary/aromatic N) is 1. The molecule has 2 amide bonds. The summed E-state index contributed by atoms with van der Waals surface area (Å²) < 4.78 is 18.2. The number of piperidine rings is 1. The van der Waals surface area contributed by atoms with E-state index in [0.29, 0.717) is 25.9 Å². The van der Waals surface area contributed by atoms with Crippen molar-refractivity contribution < 1.29 is 18.7 Å². The summed E-state index contributed by atoms with van der Waals surface area (Å²) in [6.45, 7) is 1.00. The Morgan fingerprint density at radius 1 is 1.43 bits per heavy atom. The van der Waals surface area contributed by atoms with Crippen LogP contribution < -0.4 is 5.32 Å². The second-order valence-corrected chi connectivity index (χ2v) is 5.77. The van der Waals surface area contributed by atoms with Crippen molar-refractivity contribution in [3.8, 4) is 0 Å². The molecule has 0 spiro atoms. The quantitative estimate of drug-likeness (QED) is 0.828. The fourth-order valence-electron chi connectivity index (χ4n) is 2.86. The average molecular weight is 322 g/mol. The molecule has 0 unspecified atom stereocenters. The second-order valence-electron chi connectivity index (χ2n) is 5.77. The Kier molecular flexibility index (Phi) is 6.52. The van der Waals surface area contributed by atoms with E-state index >= 15 is 0 Å². The van der Waals surface area contributed by atoms with Crippen molar-refractivity contribution in [3.63, 3.8) is 0 Å². The number of ether oxygens (including phenoxy) is 1. The summed E-state index contributed by atoms with van der Waals surface area (Å²) in [5.41, 5.74) is 0.814. The molecule has 126 valence electrons. The standard InChI is InChI=1S/C17H23FN2O3/c1-23-12-16(21)19-11-15(20-8-3-2-7-17(20)22)10-13-5-4-6-14(18)9-13/h4-6,9,15H,2-3,7-8,10-12H2,1H3,(H,19,21)/t15-/m0/s1. The molecule has 0 radical (unpaired) electrons. The summed E-state index contributed by atoms with van der Waals surface area (Å²) >= 11 is 0. The van der Waals surface area contributed by atoms with Gasteiger partial charge < -0.3 is 15.0 Å². The number of methoxy groups -OCH3 is 1. The molecule has 0 aliphatic carbocycles. The molecule has 1 N–H and O–H groups in total. The first-order chi connectivity index (χ1) is 11.1. The van der Waals surface area contributed by atoms with Crippen LogP contribution in [0.1, 0.15) is 24.8 Å².